The van der Waals surface area contributed by atoms with Crippen LogP contribution in [0.2, 0.25) is 5.02 Å². The first-order valence-corrected chi connectivity index (χ1v) is 16.8. The van der Waals surface area contributed by atoms with Crippen molar-refractivity contribution in [2.24, 2.45) is 0 Å². The minimum atomic E-state index is -3.60. The Hall–Kier alpha value is -3.36. The van der Waals surface area contributed by atoms with Gasteiger partial charge in [-0.1, -0.05) is 90.7 Å². The van der Waals surface area contributed by atoms with Gasteiger partial charge in [-0.05, 0) is 55.5 Å². The lowest BCUT2D eigenvalue weighted by molar-refractivity contribution is -0.141. The third-order valence-electron chi connectivity index (χ3n) is 7.69. The maximum atomic E-state index is 14.0. The fraction of sp³-hybridized carbons (Fsp3) is 0.394. The molecule has 1 N–H and O–H groups in total. The Morgan fingerprint density at radius 1 is 0.952 bits per heavy atom. The molecule has 0 radical (unpaired) electrons. The SMILES string of the molecule is Cc1ccc(CN(C(=O)CCCN(c2cccc(Cl)c2)S(C)(=O)=O)[C@@H](Cc2ccccc2)C(=O)NC2CCCC2)cc1. The van der Waals surface area contributed by atoms with Crippen LogP contribution < -0.4 is 9.62 Å². The second-order valence-electron chi connectivity index (χ2n) is 11.1. The maximum Gasteiger partial charge on any atom is 0.243 e. The number of anilines is 1. The molecule has 9 heteroatoms. The largest absolute Gasteiger partial charge is 0.352 e. The van der Waals surface area contributed by atoms with Crippen molar-refractivity contribution >= 4 is 39.1 Å². The predicted octanol–water partition coefficient (Wildman–Crippen LogP) is 5.89. The van der Waals surface area contributed by atoms with E-state index in [0.29, 0.717) is 17.1 Å². The maximum absolute atomic E-state index is 14.0. The minimum absolute atomic E-state index is 0.0838. The molecule has 0 saturated heterocycles. The summed E-state index contributed by atoms with van der Waals surface area (Å²) in [5.74, 6) is -0.347. The molecular formula is C33H40ClN3O4S. The summed E-state index contributed by atoms with van der Waals surface area (Å²) in [4.78, 5) is 29.5. The molecule has 1 fully saturated rings. The summed E-state index contributed by atoms with van der Waals surface area (Å²) in [7, 11) is -3.60. The number of hydrogen-bond acceptors (Lipinski definition) is 4. The summed E-state index contributed by atoms with van der Waals surface area (Å²) >= 11 is 6.12. The van der Waals surface area contributed by atoms with E-state index in [-0.39, 0.29) is 43.8 Å². The number of halogens is 1. The number of aryl methyl sites for hydroxylation is 1. The molecule has 1 saturated carbocycles. The van der Waals surface area contributed by atoms with E-state index < -0.39 is 16.1 Å². The van der Waals surface area contributed by atoms with Crippen LogP contribution in [0.5, 0.6) is 0 Å². The zero-order valence-corrected chi connectivity index (χ0v) is 25.9. The highest BCUT2D eigenvalue weighted by molar-refractivity contribution is 7.92. The second kappa shape index (κ2) is 14.7. The van der Waals surface area contributed by atoms with Crippen LogP contribution in [0.15, 0.2) is 78.9 Å². The van der Waals surface area contributed by atoms with Crippen molar-refractivity contribution < 1.29 is 18.0 Å². The van der Waals surface area contributed by atoms with Gasteiger partial charge in [0.25, 0.3) is 0 Å². The Morgan fingerprint density at radius 3 is 2.29 bits per heavy atom. The van der Waals surface area contributed by atoms with Crippen molar-refractivity contribution in [3.05, 3.63) is 101 Å². The zero-order valence-electron chi connectivity index (χ0n) is 24.3. The first kappa shape index (κ1) is 31.6. The van der Waals surface area contributed by atoms with E-state index in [9.17, 15) is 18.0 Å². The molecule has 7 nitrogen and oxygen atoms in total. The number of nitrogens with zero attached hydrogens (tertiary/aromatic N) is 2. The van der Waals surface area contributed by atoms with Gasteiger partial charge in [-0.2, -0.15) is 0 Å². The van der Waals surface area contributed by atoms with Gasteiger partial charge in [0, 0.05) is 37.0 Å². The van der Waals surface area contributed by atoms with Crippen LogP contribution in [-0.2, 0) is 32.6 Å². The highest BCUT2D eigenvalue weighted by Crippen LogP contribution is 2.24. The van der Waals surface area contributed by atoms with Crippen LogP contribution in [-0.4, -0.2) is 50.0 Å². The van der Waals surface area contributed by atoms with Crippen molar-refractivity contribution in [1.82, 2.24) is 10.2 Å². The summed E-state index contributed by atoms with van der Waals surface area (Å²) in [6, 6.07) is 23.8. The Kier molecular flexibility index (Phi) is 11.0. The average molecular weight is 610 g/mol. The zero-order chi connectivity index (χ0) is 30.1. The quantitative estimate of drug-likeness (QED) is 0.262. The van der Waals surface area contributed by atoms with E-state index >= 15 is 0 Å². The monoisotopic (exact) mass is 609 g/mol. The summed E-state index contributed by atoms with van der Waals surface area (Å²) in [5.41, 5.74) is 3.46. The smallest absolute Gasteiger partial charge is 0.243 e. The van der Waals surface area contributed by atoms with Gasteiger partial charge in [-0.3, -0.25) is 13.9 Å². The predicted molar refractivity (Wildman–Crippen MR) is 169 cm³/mol. The van der Waals surface area contributed by atoms with Crippen molar-refractivity contribution in [1.29, 1.82) is 0 Å². The van der Waals surface area contributed by atoms with Crippen LogP contribution in [0.4, 0.5) is 5.69 Å². The molecule has 0 aromatic heterocycles. The number of rotatable bonds is 13. The number of amides is 2. The van der Waals surface area contributed by atoms with Gasteiger partial charge >= 0.3 is 0 Å². The molecule has 4 rings (SSSR count). The number of carbonyl (C=O) groups excluding carboxylic acids is 2. The molecule has 2 amide bonds. The van der Waals surface area contributed by atoms with Crippen LogP contribution in [0.25, 0.3) is 0 Å². The van der Waals surface area contributed by atoms with Crippen LogP contribution in [0.3, 0.4) is 0 Å². The third-order valence-corrected chi connectivity index (χ3v) is 9.12. The Labute approximate surface area is 254 Å². The van der Waals surface area contributed by atoms with Gasteiger partial charge in [0.05, 0.1) is 11.9 Å². The fourth-order valence-corrected chi connectivity index (χ4v) is 6.59. The molecule has 0 unspecified atom stereocenters. The van der Waals surface area contributed by atoms with Gasteiger partial charge in [0.1, 0.15) is 6.04 Å². The van der Waals surface area contributed by atoms with Gasteiger partial charge in [-0.15, -0.1) is 0 Å². The topological polar surface area (TPSA) is 86.8 Å². The van der Waals surface area contributed by atoms with E-state index in [1.807, 2.05) is 61.5 Å². The first-order valence-electron chi connectivity index (χ1n) is 14.5. The lowest BCUT2D eigenvalue weighted by atomic mass is 10.0. The van der Waals surface area contributed by atoms with Gasteiger partial charge < -0.3 is 10.2 Å². The third kappa shape index (κ3) is 9.07. The van der Waals surface area contributed by atoms with Crippen LogP contribution >= 0.6 is 11.6 Å². The van der Waals surface area contributed by atoms with E-state index in [4.69, 9.17) is 11.6 Å². The molecule has 42 heavy (non-hydrogen) atoms. The second-order valence-corrected chi connectivity index (χ2v) is 13.5. The molecule has 1 aliphatic carbocycles. The van der Waals surface area contributed by atoms with E-state index in [0.717, 1.165) is 48.6 Å². The first-order chi connectivity index (χ1) is 20.1. The molecule has 1 atom stereocenters. The van der Waals surface area contributed by atoms with Crippen LogP contribution in [0.1, 0.15) is 55.2 Å². The van der Waals surface area contributed by atoms with Crippen molar-refractivity contribution in [2.45, 2.75) is 70.5 Å². The van der Waals surface area contributed by atoms with Crippen LogP contribution in [0, 0.1) is 6.92 Å². The minimum Gasteiger partial charge on any atom is -0.352 e. The summed E-state index contributed by atoms with van der Waals surface area (Å²) in [6.07, 6.45) is 5.96. The number of hydrogen-bond donors (Lipinski definition) is 1. The van der Waals surface area contributed by atoms with E-state index in [1.165, 1.54) is 4.31 Å². The standard InChI is InChI=1S/C33H40ClN3O4S/c1-25-17-19-27(20-18-25)24-36(31(22-26-10-4-3-5-11-26)33(39)35-29-13-6-7-14-29)32(38)16-9-21-37(42(2,40)41)30-15-8-12-28(34)23-30/h3-5,8,10-12,15,17-20,23,29,31H,6-7,9,13-14,16,21-22,24H2,1-2H3,(H,35,39)/t31-/m0/s1. The number of nitrogens with one attached hydrogen (secondary N) is 1. The van der Waals surface area contributed by atoms with Gasteiger partial charge in [0.15, 0.2) is 0 Å². The molecule has 224 valence electrons. The molecule has 0 bridgehead atoms. The van der Waals surface area contributed by atoms with Crippen molar-refractivity contribution in [3.8, 4) is 0 Å². The molecule has 0 heterocycles. The molecule has 0 aliphatic heterocycles. The van der Waals surface area contributed by atoms with Crippen molar-refractivity contribution in [2.75, 3.05) is 17.1 Å². The number of benzene rings is 3. The highest BCUT2D eigenvalue weighted by atomic mass is 35.5. The molecular weight excluding hydrogens is 570 g/mol. The van der Waals surface area contributed by atoms with E-state index in [1.54, 1.807) is 29.2 Å². The Balaban J connectivity index is 1.58. The van der Waals surface area contributed by atoms with E-state index in [2.05, 4.69) is 5.32 Å². The Bertz CT molecular complexity index is 1440. The molecule has 3 aromatic rings. The van der Waals surface area contributed by atoms with Crippen molar-refractivity contribution in [3.63, 3.8) is 0 Å². The fourth-order valence-electron chi connectivity index (χ4n) is 5.45. The van der Waals surface area contributed by atoms with Gasteiger partial charge in [0.2, 0.25) is 21.8 Å². The molecule has 1 aliphatic rings. The highest BCUT2D eigenvalue weighted by Gasteiger charge is 2.32. The molecule has 0 spiro atoms. The average Bonchev–Trinajstić information content (AvgIpc) is 3.47. The molecule has 3 aromatic carbocycles. The lowest BCUT2D eigenvalue weighted by Crippen LogP contribution is -2.52. The number of sulfonamides is 1. The number of carbonyl (C=O) groups is 2. The lowest BCUT2D eigenvalue weighted by Gasteiger charge is -2.33. The summed E-state index contributed by atoms with van der Waals surface area (Å²) in [6.45, 7) is 2.40. The summed E-state index contributed by atoms with van der Waals surface area (Å²) < 4.78 is 26.5. The Morgan fingerprint density at radius 2 is 1.64 bits per heavy atom. The van der Waals surface area contributed by atoms with Gasteiger partial charge in [-0.25, -0.2) is 8.42 Å². The summed E-state index contributed by atoms with van der Waals surface area (Å²) in [5, 5.41) is 3.65. The normalized spacial score (nSPS) is 14.4.